The summed E-state index contributed by atoms with van der Waals surface area (Å²) < 4.78 is 50.2. The standard InChI is InChI=1S/C9H13BrF4O2/c1-7(2,6(15)16)4-3-5-8(11,12)9(10,13)14/h3-5H2,1-2H3,(H,15,16). The Labute approximate surface area is 99.1 Å². The topological polar surface area (TPSA) is 37.3 Å². The van der Waals surface area contributed by atoms with Gasteiger partial charge < -0.3 is 5.11 Å². The molecule has 0 fully saturated rings. The quantitative estimate of drug-likeness (QED) is 0.597. The highest BCUT2D eigenvalue weighted by Crippen LogP contribution is 2.43. The molecule has 0 aromatic rings. The van der Waals surface area contributed by atoms with Gasteiger partial charge in [-0.15, -0.1) is 0 Å². The van der Waals surface area contributed by atoms with E-state index >= 15 is 0 Å². The van der Waals surface area contributed by atoms with Crippen molar-refractivity contribution in [1.29, 1.82) is 0 Å². The Kier molecular flexibility index (Phi) is 4.79. The molecule has 1 N–H and O–H groups in total. The molecule has 0 saturated heterocycles. The van der Waals surface area contributed by atoms with Gasteiger partial charge in [-0.25, -0.2) is 0 Å². The maximum Gasteiger partial charge on any atom is 0.363 e. The molecule has 0 rings (SSSR count). The number of aliphatic carboxylic acids is 1. The molecule has 0 radical (unpaired) electrons. The lowest BCUT2D eigenvalue weighted by molar-refractivity contribution is -0.155. The molecule has 0 heterocycles. The van der Waals surface area contributed by atoms with E-state index in [4.69, 9.17) is 5.11 Å². The Hall–Kier alpha value is -0.330. The Morgan fingerprint density at radius 3 is 1.94 bits per heavy atom. The molecule has 0 saturated carbocycles. The van der Waals surface area contributed by atoms with Crippen molar-refractivity contribution in [2.75, 3.05) is 0 Å². The Bertz CT molecular complexity index is 261. The highest BCUT2D eigenvalue weighted by molar-refractivity contribution is 9.10. The molecule has 0 atom stereocenters. The normalized spacial score (nSPS) is 13.9. The molecule has 0 aliphatic heterocycles. The van der Waals surface area contributed by atoms with Crippen LogP contribution in [0.1, 0.15) is 33.1 Å². The van der Waals surface area contributed by atoms with Gasteiger partial charge in [0.25, 0.3) is 0 Å². The molecule has 2 nitrogen and oxygen atoms in total. The van der Waals surface area contributed by atoms with Crippen molar-refractivity contribution in [3.8, 4) is 0 Å². The van der Waals surface area contributed by atoms with Crippen LogP contribution >= 0.6 is 15.9 Å². The van der Waals surface area contributed by atoms with Gasteiger partial charge in [0.15, 0.2) is 0 Å². The minimum atomic E-state index is -4.26. The zero-order valence-corrected chi connectivity index (χ0v) is 10.5. The first-order valence-corrected chi connectivity index (χ1v) is 5.37. The second-order valence-electron chi connectivity index (χ2n) is 4.24. The van der Waals surface area contributed by atoms with Crippen molar-refractivity contribution in [2.24, 2.45) is 5.41 Å². The average molecular weight is 309 g/mol. The number of carboxylic acid groups (broad SMARTS) is 1. The number of hydrogen-bond acceptors (Lipinski definition) is 1. The van der Waals surface area contributed by atoms with Crippen LogP contribution < -0.4 is 0 Å². The molecular formula is C9H13BrF4O2. The monoisotopic (exact) mass is 308 g/mol. The SMILES string of the molecule is CC(C)(CCCC(F)(F)C(F)(F)Br)C(=O)O. The first-order chi connectivity index (χ1) is 6.90. The van der Waals surface area contributed by atoms with Gasteiger partial charge in [0, 0.05) is 6.42 Å². The second-order valence-corrected chi connectivity index (χ2v) is 5.24. The number of rotatable bonds is 6. The van der Waals surface area contributed by atoms with Crippen molar-refractivity contribution < 1.29 is 27.5 Å². The summed E-state index contributed by atoms with van der Waals surface area (Å²) in [7, 11) is 0. The van der Waals surface area contributed by atoms with Gasteiger partial charge in [-0.2, -0.15) is 17.6 Å². The molecule has 0 bridgehead atoms. The molecule has 0 aromatic carbocycles. The second kappa shape index (κ2) is 4.89. The minimum Gasteiger partial charge on any atom is -0.481 e. The summed E-state index contributed by atoms with van der Waals surface area (Å²) in [6.07, 6.45) is -1.42. The molecular weight excluding hydrogens is 296 g/mol. The van der Waals surface area contributed by atoms with Crippen molar-refractivity contribution in [1.82, 2.24) is 0 Å². The lowest BCUT2D eigenvalue weighted by Crippen LogP contribution is -2.35. The van der Waals surface area contributed by atoms with Crippen LogP contribution in [0.4, 0.5) is 17.6 Å². The van der Waals surface area contributed by atoms with Crippen LogP contribution in [0.2, 0.25) is 0 Å². The average Bonchev–Trinajstić information content (AvgIpc) is 2.00. The third-order valence-electron chi connectivity index (χ3n) is 2.29. The fourth-order valence-electron chi connectivity index (χ4n) is 1.00. The van der Waals surface area contributed by atoms with Crippen LogP contribution in [0.25, 0.3) is 0 Å². The summed E-state index contributed by atoms with van der Waals surface area (Å²) in [6, 6.07) is 0. The highest BCUT2D eigenvalue weighted by atomic mass is 79.9. The van der Waals surface area contributed by atoms with E-state index in [0.717, 1.165) is 0 Å². The van der Waals surface area contributed by atoms with Crippen LogP contribution in [-0.4, -0.2) is 21.8 Å². The van der Waals surface area contributed by atoms with E-state index in [1.54, 1.807) is 15.9 Å². The van der Waals surface area contributed by atoms with E-state index < -0.39 is 28.6 Å². The minimum absolute atomic E-state index is 0.0823. The maximum absolute atomic E-state index is 12.8. The summed E-state index contributed by atoms with van der Waals surface area (Å²) in [4.78, 5) is 6.37. The van der Waals surface area contributed by atoms with Crippen molar-refractivity contribution >= 4 is 21.9 Å². The summed E-state index contributed by atoms with van der Waals surface area (Å²) >= 11 is 1.61. The van der Waals surface area contributed by atoms with Crippen LogP contribution in [0.3, 0.4) is 0 Å². The molecule has 0 amide bonds. The molecule has 0 spiro atoms. The Morgan fingerprint density at radius 2 is 1.62 bits per heavy atom. The van der Waals surface area contributed by atoms with Gasteiger partial charge in [-0.05, 0) is 42.6 Å². The lowest BCUT2D eigenvalue weighted by atomic mass is 9.87. The van der Waals surface area contributed by atoms with Crippen molar-refractivity contribution in [3.63, 3.8) is 0 Å². The summed E-state index contributed by atoms with van der Waals surface area (Å²) in [5.74, 6) is -5.30. The van der Waals surface area contributed by atoms with Crippen LogP contribution in [-0.2, 0) is 4.79 Å². The first-order valence-electron chi connectivity index (χ1n) is 4.58. The fourth-order valence-corrected chi connectivity index (χ4v) is 1.20. The van der Waals surface area contributed by atoms with E-state index in [0.29, 0.717) is 0 Å². The van der Waals surface area contributed by atoms with E-state index in [1.165, 1.54) is 13.8 Å². The van der Waals surface area contributed by atoms with E-state index in [1.807, 2.05) is 0 Å². The number of hydrogen-bond donors (Lipinski definition) is 1. The maximum atomic E-state index is 12.8. The number of halogens is 5. The Balaban J connectivity index is 4.24. The van der Waals surface area contributed by atoms with E-state index in [9.17, 15) is 22.4 Å². The predicted molar refractivity (Wildman–Crippen MR) is 54.1 cm³/mol. The summed E-state index contributed by atoms with van der Waals surface area (Å²) in [6.45, 7) is 2.72. The summed E-state index contributed by atoms with van der Waals surface area (Å²) in [5.41, 5.74) is -1.18. The van der Waals surface area contributed by atoms with E-state index in [2.05, 4.69) is 0 Å². The lowest BCUT2D eigenvalue weighted by Gasteiger charge is -2.24. The number of carbonyl (C=O) groups is 1. The van der Waals surface area contributed by atoms with Gasteiger partial charge in [0.05, 0.1) is 5.41 Å². The largest absolute Gasteiger partial charge is 0.481 e. The molecule has 16 heavy (non-hydrogen) atoms. The van der Waals surface area contributed by atoms with Gasteiger partial charge in [0.2, 0.25) is 0 Å². The van der Waals surface area contributed by atoms with Crippen LogP contribution in [0.15, 0.2) is 0 Å². The van der Waals surface area contributed by atoms with Crippen molar-refractivity contribution in [3.05, 3.63) is 0 Å². The molecule has 0 unspecified atom stereocenters. The highest BCUT2D eigenvalue weighted by Gasteiger charge is 2.53. The van der Waals surface area contributed by atoms with Gasteiger partial charge in [-0.1, -0.05) is 0 Å². The molecule has 96 valence electrons. The smallest absolute Gasteiger partial charge is 0.363 e. The molecule has 0 aliphatic carbocycles. The predicted octanol–water partition coefficient (Wildman–Crippen LogP) is 3.89. The van der Waals surface area contributed by atoms with Crippen molar-refractivity contribution in [2.45, 2.75) is 43.9 Å². The third-order valence-corrected chi connectivity index (χ3v) is 2.87. The molecule has 0 aromatic heterocycles. The first kappa shape index (κ1) is 15.7. The molecule has 0 aliphatic rings. The van der Waals surface area contributed by atoms with Gasteiger partial charge >= 0.3 is 16.7 Å². The third kappa shape index (κ3) is 4.27. The van der Waals surface area contributed by atoms with Crippen LogP contribution in [0, 0.1) is 5.41 Å². The Morgan fingerprint density at radius 1 is 1.19 bits per heavy atom. The van der Waals surface area contributed by atoms with Crippen LogP contribution in [0.5, 0.6) is 0 Å². The van der Waals surface area contributed by atoms with E-state index in [-0.39, 0.29) is 12.8 Å². The fraction of sp³-hybridized carbons (Fsp3) is 0.889. The van der Waals surface area contributed by atoms with Gasteiger partial charge in [0.1, 0.15) is 0 Å². The number of alkyl halides is 5. The zero-order chi connectivity index (χ0) is 13.2. The summed E-state index contributed by atoms with van der Waals surface area (Å²) in [5, 5.41) is 8.69. The molecule has 7 heteroatoms. The zero-order valence-electron chi connectivity index (χ0n) is 8.87. The number of carboxylic acids is 1. The van der Waals surface area contributed by atoms with Gasteiger partial charge in [-0.3, -0.25) is 4.79 Å².